The number of carbonyl (C=O) groups excluding carboxylic acids is 1. The Hall–Kier alpha value is -3.62. The van der Waals surface area contributed by atoms with Gasteiger partial charge in [0.1, 0.15) is 5.70 Å². The molecule has 35 heavy (non-hydrogen) atoms. The lowest BCUT2D eigenvalue weighted by molar-refractivity contribution is -0.130. The van der Waals surface area contributed by atoms with Crippen LogP contribution in [0.3, 0.4) is 0 Å². The number of carbonyl (C=O) groups is 1. The predicted molar refractivity (Wildman–Crippen MR) is 130 cm³/mol. The predicted octanol–water partition coefficient (Wildman–Crippen LogP) is 5.46. The molecule has 1 aliphatic heterocycles. The van der Waals surface area contributed by atoms with Crippen LogP contribution < -0.4 is 0 Å². The molecule has 1 amide bonds. The zero-order valence-electron chi connectivity index (χ0n) is 20.2. The number of nitrogens with zero attached hydrogens (tertiary/aromatic N) is 5. The van der Waals surface area contributed by atoms with Gasteiger partial charge in [0.25, 0.3) is 6.43 Å². The summed E-state index contributed by atoms with van der Waals surface area (Å²) in [6.07, 6.45) is -1.21. The molecule has 0 unspecified atom stereocenters. The van der Waals surface area contributed by atoms with E-state index in [1.807, 2.05) is 53.4 Å². The lowest BCUT2D eigenvalue weighted by Gasteiger charge is -2.24. The third-order valence-electron chi connectivity index (χ3n) is 6.20. The van der Waals surface area contributed by atoms with E-state index in [2.05, 4.69) is 34.5 Å². The van der Waals surface area contributed by atoms with Crippen LogP contribution in [0.15, 0.2) is 59.9 Å². The molecule has 0 saturated carbocycles. The van der Waals surface area contributed by atoms with Gasteiger partial charge >= 0.3 is 0 Å². The lowest BCUT2D eigenvalue weighted by Crippen LogP contribution is -2.33. The molecule has 0 aliphatic carbocycles. The molecule has 0 saturated heterocycles. The van der Waals surface area contributed by atoms with Gasteiger partial charge < -0.3 is 4.90 Å². The second-order valence-electron chi connectivity index (χ2n) is 9.06. The van der Waals surface area contributed by atoms with Crippen LogP contribution in [0.1, 0.15) is 45.6 Å². The number of hydrogen-bond donors (Lipinski definition) is 1. The first-order valence-corrected chi connectivity index (χ1v) is 11.9. The fourth-order valence-corrected chi connectivity index (χ4v) is 4.37. The number of hydrogen-bond acceptors (Lipinski definition) is 5. The number of nitrogens with one attached hydrogen (secondary N) is 1. The van der Waals surface area contributed by atoms with Gasteiger partial charge in [-0.1, -0.05) is 69.3 Å². The molecule has 1 N–H and O–H groups in total. The highest BCUT2D eigenvalue weighted by Crippen LogP contribution is 2.35. The van der Waals surface area contributed by atoms with Gasteiger partial charge in [0.15, 0.2) is 0 Å². The number of benzene rings is 2. The maximum absolute atomic E-state index is 14.1. The van der Waals surface area contributed by atoms with Crippen molar-refractivity contribution in [3.63, 3.8) is 0 Å². The minimum atomic E-state index is -2.69. The van der Waals surface area contributed by atoms with Crippen molar-refractivity contribution >= 4 is 5.91 Å². The molecule has 1 aliphatic rings. The van der Waals surface area contributed by atoms with E-state index in [1.54, 1.807) is 6.92 Å². The molecule has 4 rings (SSSR count). The normalized spacial score (nSPS) is 14.0. The van der Waals surface area contributed by atoms with Gasteiger partial charge in [0.05, 0.1) is 6.67 Å². The number of alkyl halides is 2. The van der Waals surface area contributed by atoms with Crippen molar-refractivity contribution in [3.05, 3.63) is 65.5 Å². The number of amides is 1. The van der Waals surface area contributed by atoms with Crippen molar-refractivity contribution in [3.8, 4) is 22.5 Å². The Bertz CT molecular complexity index is 1170. The SMILES string of the molecule is CCC(=O)N1CN(Cc2ccc(-c3ccccc3-c3nn[nH]n3)cc2)C(CCC(C)C)=C1C(F)F. The number of H-pyrrole nitrogens is 1. The Morgan fingerprint density at radius 3 is 2.40 bits per heavy atom. The van der Waals surface area contributed by atoms with Gasteiger partial charge in [-0.3, -0.25) is 9.69 Å². The maximum atomic E-state index is 14.1. The van der Waals surface area contributed by atoms with E-state index in [0.29, 0.717) is 30.4 Å². The monoisotopic (exact) mass is 480 g/mol. The second kappa shape index (κ2) is 10.8. The smallest absolute Gasteiger partial charge is 0.280 e. The molecule has 0 spiro atoms. The van der Waals surface area contributed by atoms with Crippen LogP contribution in [0.4, 0.5) is 8.78 Å². The summed E-state index contributed by atoms with van der Waals surface area (Å²) in [6, 6.07) is 15.8. The van der Waals surface area contributed by atoms with E-state index in [1.165, 1.54) is 4.90 Å². The Morgan fingerprint density at radius 1 is 1.09 bits per heavy atom. The number of rotatable bonds is 9. The van der Waals surface area contributed by atoms with Crippen LogP contribution in [0.5, 0.6) is 0 Å². The minimum absolute atomic E-state index is 0.136. The first kappa shape index (κ1) is 24.5. The van der Waals surface area contributed by atoms with E-state index in [9.17, 15) is 13.6 Å². The molecule has 7 nitrogen and oxygen atoms in total. The molecule has 1 aromatic heterocycles. The summed E-state index contributed by atoms with van der Waals surface area (Å²) in [4.78, 5) is 15.6. The molecule has 0 radical (unpaired) electrons. The van der Waals surface area contributed by atoms with Gasteiger partial charge in [-0.05, 0) is 40.7 Å². The van der Waals surface area contributed by atoms with Crippen LogP contribution in [-0.2, 0) is 11.3 Å². The summed E-state index contributed by atoms with van der Waals surface area (Å²) in [7, 11) is 0. The van der Waals surface area contributed by atoms with Gasteiger partial charge in [-0.25, -0.2) is 8.78 Å². The first-order chi connectivity index (χ1) is 16.9. The maximum Gasteiger partial charge on any atom is 0.280 e. The number of tetrazole rings is 1. The lowest BCUT2D eigenvalue weighted by atomic mass is 9.98. The van der Waals surface area contributed by atoms with Gasteiger partial charge in [0.2, 0.25) is 11.7 Å². The quantitative estimate of drug-likeness (QED) is 0.440. The van der Waals surface area contributed by atoms with E-state index >= 15 is 0 Å². The molecule has 0 bridgehead atoms. The van der Waals surface area contributed by atoms with Gasteiger partial charge in [-0.15, -0.1) is 10.2 Å². The van der Waals surface area contributed by atoms with E-state index in [0.717, 1.165) is 28.7 Å². The van der Waals surface area contributed by atoms with E-state index in [-0.39, 0.29) is 24.7 Å². The van der Waals surface area contributed by atoms with Crippen molar-refractivity contribution in [1.82, 2.24) is 30.4 Å². The zero-order valence-corrected chi connectivity index (χ0v) is 20.2. The van der Waals surface area contributed by atoms with Crippen molar-refractivity contribution in [2.45, 2.75) is 53.0 Å². The molecule has 0 fully saturated rings. The summed E-state index contributed by atoms with van der Waals surface area (Å²) in [5.74, 6) is 0.609. The third-order valence-corrected chi connectivity index (χ3v) is 6.20. The highest BCUT2D eigenvalue weighted by atomic mass is 19.3. The zero-order chi connectivity index (χ0) is 24.9. The summed E-state index contributed by atoms with van der Waals surface area (Å²) >= 11 is 0. The Labute approximate surface area is 203 Å². The molecular weight excluding hydrogens is 450 g/mol. The summed E-state index contributed by atoms with van der Waals surface area (Å²) in [5.41, 5.74) is 4.24. The molecule has 184 valence electrons. The second-order valence-corrected chi connectivity index (χ2v) is 9.06. The van der Waals surface area contributed by atoms with Crippen LogP contribution in [-0.4, -0.2) is 49.4 Å². The molecule has 2 aromatic carbocycles. The summed E-state index contributed by atoms with van der Waals surface area (Å²) in [6.45, 7) is 6.45. The van der Waals surface area contributed by atoms with Crippen molar-refractivity contribution in [1.29, 1.82) is 0 Å². The topological polar surface area (TPSA) is 78.0 Å². The highest BCUT2D eigenvalue weighted by Gasteiger charge is 2.36. The van der Waals surface area contributed by atoms with E-state index < -0.39 is 6.43 Å². The first-order valence-electron chi connectivity index (χ1n) is 11.9. The largest absolute Gasteiger partial charge is 0.351 e. The number of halogens is 2. The van der Waals surface area contributed by atoms with Crippen molar-refractivity contribution in [2.75, 3.05) is 6.67 Å². The average molecular weight is 481 g/mol. The fourth-order valence-electron chi connectivity index (χ4n) is 4.37. The number of aromatic nitrogens is 4. The molecule has 9 heteroatoms. The minimum Gasteiger partial charge on any atom is -0.351 e. The number of aromatic amines is 1. The van der Waals surface area contributed by atoms with Gasteiger partial charge in [0, 0.05) is 24.2 Å². The average Bonchev–Trinajstić information content (AvgIpc) is 3.51. The Morgan fingerprint density at radius 2 is 1.80 bits per heavy atom. The van der Waals surface area contributed by atoms with E-state index in [4.69, 9.17) is 0 Å². The molecule has 0 atom stereocenters. The summed E-state index contributed by atoms with van der Waals surface area (Å²) in [5, 5.41) is 14.3. The van der Waals surface area contributed by atoms with Gasteiger partial charge in [-0.2, -0.15) is 5.21 Å². The standard InChI is InChI=1S/C26H30F2N6O/c1-4-23(35)34-16-33(22(14-9-17(2)3)24(34)25(27)28)15-18-10-12-19(13-11-18)20-7-5-6-8-21(20)26-29-31-32-30-26/h5-8,10-13,17,25H,4,9,14-16H2,1-3H3,(H,29,30,31,32). The third kappa shape index (κ3) is 5.39. The highest BCUT2D eigenvalue weighted by molar-refractivity contribution is 5.80. The Balaban J connectivity index is 1.59. The molecule has 2 heterocycles. The van der Waals surface area contributed by atoms with Crippen LogP contribution in [0, 0.1) is 5.92 Å². The van der Waals surface area contributed by atoms with Crippen molar-refractivity contribution < 1.29 is 13.6 Å². The van der Waals surface area contributed by atoms with Crippen molar-refractivity contribution in [2.24, 2.45) is 5.92 Å². The molecular formula is C26H30F2N6O. The Kier molecular flexibility index (Phi) is 7.53. The van der Waals surface area contributed by atoms with Crippen LogP contribution >= 0.6 is 0 Å². The van der Waals surface area contributed by atoms with Crippen LogP contribution in [0.2, 0.25) is 0 Å². The van der Waals surface area contributed by atoms with Crippen LogP contribution in [0.25, 0.3) is 22.5 Å². The number of allylic oxidation sites excluding steroid dienone is 2. The summed E-state index contributed by atoms with van der Waals surface area (Å²) < 4.78 is 28.1. The fraction of sp³-hybridized carbons (Fsp3) is 0.385. The molecule has 3 aromatic rings.